The first-order valence-corrected chi connectivity index (χ1v) is 9.66. The van der Waals surface area contributed by atoms with Crippen molar-refractivity contribution in [2.75, 3.05) is 4.98 Å². The van der Waals surface area contributed by atoms with Crippen molar-refractivity contribution in [3.05, 3.63) is 11.1 Å². The molecule has 0 fully saturated rings. The molecule has 1 heterocycles. The topological polar surface area (TPSA) is 94.8 Å². The second-order valence-electron chi connectivity index (χ2n) is 5.79. The number of anilines is 1. The number of rotatable bonds is 4. The maximum absolute atomic E-state index is 10.8. The molecular formula is C11H19N3O3SSi. The Labute approximate surface area is 117 Å². The van der Waals surface area contributed by atoms with Gasteiger partial charge in [-0.05, 0) is 5.04 Å². The maximum Gasteiger partial charge on any atom is 0.360 e. The number of carbonyl (C=O) groups is 1. The van der Waals surface area contributed by atoms with Crippen molar-refractivity contribution in [2.24, 2.45) is 5.16 Å². The minimum atomic E-state index is -1.76. The zero-order valence-electron chi connectivity index (χ0n) is 11.7. The first kappa shape index (κ1) is 15.6. The molecule has 0 aliphatic carbocycles. The average molecular weight is 301 g/mol. The van der Waals surface area contributed by atoms with Gasteiger partial charge in [-0.2, -0.15) is 0 Å². The van der Waals surface area contributed by atoms with Crippen molar-refractivity contribution in [2.45, 2.75) is 38.9 Å². The fourth-order valence-electron chi connectivity index (χ4n) is 1.10. The summed E-state index contributed by atoms with van der Waals surface area (Å²) in [5.74, 6) is -1.30. The molecular weight excluding hydrogens is 282 g/mol. The highest BCUT2D eigenvalue weighted by molar-refractivity contribution is 7.15. The SMILES string of the molecule is CC(C)(C)[Si](C)(C)Nc1nc(C(=NO)C(=O)O)cs1. The first-order chi connectivity index (χ1) is 8.58. The molecule has 1 rings (SSSR count). The van der Waals surface area contributed by atoms with Gasteiger partial charge >= 0.3 is 5.97 Å². The van der Waals surface area contributed by atoms with Gasteiger partial charge in [-0.1, -0.05) is 39.0 Å². The molecule has 6 nitrogen and oxygen atoms in total. The molecule has 0 atom stereocenters. The summed E-state index contributed by atoms with van der Waals surface area (Å²) in [7, 11) is -1.76. The lowest BCUT2D eigenvalue weighted by Crippen LogP contribution is -2.45. The lowest BCUT2D eigenvalue weighted by molar-refractivity contribution is -0.129. The van der Waals surface area contributed by atoms with Crippen molar-refractivity contribution in [1.82, 2.24) is 4.98 Å². The molecule has 0 spiro atoms. The van der Waals surface area contributed by atoms with Crippen molar-refractivity contribution in [3.8, 4) is 0 Å². The predicted molar refractivity (Wildman–Crippen MR) is 78.9 cm³/mol. The quantitative estimate of drug-likeness (QED) is 0.344. The normalized spacial score (nSPS) is 13.4. The fraction of sp³-hybridized carbons (Fsp3) is 0.545. The lowest BCUT2D eigenvalue weighted by Gasteiger charge is -2.36. The third kappa shape index (κ3) is 3.54. The first-order valence-electron chi connectivity index (χ1n) is 5.78. The molecule has 8 heteroatoms. The minimum absolute atomic E-state index is 0.138. The smallest absolute Gasteiger partial charge is 0.360 e. The molecule has 0 bridgehead atoms. The highest BCUT2D eigenvalue weighted by Crippen LogP contribution is 2.36. The number of aliphatic carboxylic acids is 1. The van der Waals surface area contributed by atoms with Crippen LogP contribution in [0, 0.1) is 0 Å². The Hall–Kier alpha value is -1.41. The van der Waals surface area contributed by atoms with Crippen LogP contribution in [0.25, 0.3) is 0 Å². The van der Waals surface area contributed by atoms with Crippen LogP contribution in [0.15, 0.2) is 10.5 Å². The maximum atomic E-state index is 10.8. The number of hydrogen-bond donors (Lipinski definition) is 3. The Morgan fingerprint density at radius 2 is 2.05 bits per heavy atom. The summed E-state index contributed by atoms with van der Waals surface area (Å²) < 4.78 is 0. The summed E-state index contributed by atoms with van der Waals surface area (Å²) in [6, 6.07) is 0. The van der Waals surface area contributed by atoms with Gasteiger partial charge in [0.1, 0.15) is 5.69 Å². The van der Waals surface area contributed by atoms with Crippen LogP contribution >= 0.6 is 11.3 Å². The van der Waals surface area contributed by atoms with Crippen LogP contribution in [-0.4, -0.2) is 35.2 Å². The van der Waals surface area contributed by atoms with E-state index in [0.29, 0.717) is 5.13 Å². The predicted octanol–water partition coefficient (Wildman–Crippen LogP) is 2.82. The second kappa shape index (κ2) is 5.30. The van der Waals surface area contributed by atoms with Crippen LogP contribution in [0.2, 0.25) is 18.1 Å². The van der Waals surface area contributed by atoms with E-state index in [0.717, 1.165) is 0 Å². The number of carboxylic acids is 1. The van der Waals surface area contributed by atoms with Crippen LogP contribution in [-0.2, 0) is 4.79 Å². The van der Waals surface area contributed by atoms with Crippen LogP contribution < -0.4 is 4.98 Å². The van der Waals surface area contributed by atoms with E-state index in [9.17, 15) is 4.79 Å². The van der Waals surface area contributed by atoms with Crippen LogP contribution in [0.4, 0.5) is 5.13 Å². The number of oxime groups is 1. The Balaban J connectivity index is 2.96. The molecule has 0 saturated heterocycles. The van der Waals surface area contributed by atoms with Crippen LogP contribution in [0.1, 0.15) is 26.5 Å². The molecule has 0 saturated carbocycles. The van der Waals surface area contributed by atoms with Gasteiger partial charge in [-0.15, -0.1) is 11.3 Å². The van der Waals surface area contributed by atoms with E-state index in [1.807, 2.05) is 0 Å². The van der Waals surface area contributed by atoms with Crippen molar-refractivity contribution >= 4 is 36.4 Å². The number of aromatic nitrogens is 1. The second-order valence-corrected chi connectivity index (χ2v) is 11.6. The summed E-state index contributed by atoms with van der Waals surface area (Å²) >= 11 is 1.31. The summed E-state index contributed by atoms with van der Waals surface area (Å²) in [4.78, 5) is 18.4. The third-order valence-electron chi connectivity index (χ3n) is 3.34. The van der Waals surface area contributed by atoms with Gasteiger partial charge in [0, 0.05) is 5.38 Å². The Morgan fingerprint density at radius 1 is 1.47 bits per heavy atom. The molecule has 1 aromatic heterocycles. The van der Waals surface area contributed by atoms with E-state index in [2.05, 4.69) is 49.0 Å². The van der Waals surface area contributed by atoms with Gasteiger partial charge in [-0.3, -0.25) is 0 Å². The van der Waals surface area contributed by atoms with E-state index >= 15 is 0 Å². The van der Waals surface area contributed by atoms with Crippen molar-refractivity contribution in [3.63, 3.8) is 0 Å². The molecule has 0 aliphatic rings. The average Bonchev–Trinajstić information content (AvgIpc) is 2.64. The molecule has 3 N–H and O–H groups in total. The van der Waals surface area contributed by atoms with Gasteiger partial charge in [0.15, 0.2) is 13.4 Å². The zero-order chi connectivity index (χ0) is 14.8. The van der Waals surface area contributed by atoms with E-state index < -0.39 is 19.9 Å². The van der Waals surface area contributed by atoms with E-state index in [1.54, 1.807) is 5.38 Å². The number of nitrogens with zero attached hydrogens (tertiary/aromatic N) is 2. The third-order valence-corrected chi connectivity index (χ3v) is 8.89. The Kier molecular flexibility index (Phi) is 4.36. The summed E-state index contributed by atoms with van der Waals surface area (Å²) in [5, 5.41) is 22.7. The molecule has 0 aliphatic heterocycles. The van der Waals surface area contributed by atoms with Gasteiger partial charge in [0.2, 0.25) is 5.71 Å². The standard InChI is InChI=1S/C11H19N3O3SSi/c1-11(2,3)19(4,5)14-10-12-7(6-18-10)8(13-17)9(15)16/h6,17H,1-5H3,(H,12,14)(H,15,16). The highest BCUT2D eigenvalue weighted by atomic mass is 32.1. The van der Waals surface area contributed by atoms with E-state index in [1.165, 1.54) is 11.3 Å². The molecule has 1 aromatic rings. The Morgan fingerprint density at radius 3 is 2.47 bits per heavy atom. The number of thiazole rings is 1. The van der Waals surface area contributed by atoms with Gasteiger partial charge < -0.3 is 15.3 Å². The molecule has 0 aromatic carbocycles. The summed E-state index contributed by atoms with van der Waals surface area (Å²) in [6.07, 6.45) is 0. The summed E-state index contributed by atoms with van der Waals surface area (Å²) in [6.45, 7) is 10.9. The van der Waals surface area contributed by atoms with Crippen molar-refractivity contribution < 1.29 is 15.1 Å². The lowest BCUT2D eigenvalue weighted by atomic mass is 10.2. The molecule has 106 valence electrons. The van der Waals surface area contributed by atoms with Crippen molar-refractivity contribution in [1.29, 1.82) is 0 Å². The molecule has 19 heavy (non-hydrogen) atoms. The number of nitrogens with one attached hydrogen (secondary N) is 1. The molecule has 0 unspecified atom stereocenters. The van der Waals surface area contributed by atoms with Gasteiger partial charge in [-0.25, -0.2) is 9.78 Å². The number of carboxylic acid groups (broad SMARTS) is 1. The van der Waals surface area contributed by atoms with E-state index in [-0.39, 0.29) is 10.7 Å². The minimum Gasteiger partial charge on any atom is -0.476 e. The highest BCUT2D eigenvalue weighted by Gasteiger charge is 2.36. The van der Waals surface area contributed by atoms with Gasteiger partial charge in [0.05, 0.1) is 0 Å². The monoisotopic (exact) mass is 301 g/mol. The summed E-state index contributed by atoms with van der Waals surface area (Å²) in [5.41, 5.74) is -0.277. The van der Waals surface area contributed by atoms with E-state index in [4.69, 9.17) is 10.3 Å². The van der Waals surface area contributed by atoms with Crippen LogP contribution in [0.3, 0.4) is 0 Å². The fourth-order valence-corrected chi connectivity index (χ4v) is 3.60. The number of hydrogen-bond acceptors (Lipinski definition) is 6. The van der Waals surface area contributed by atoms with Crippen LogP contribution in [0.5, 0.6) is 0 Å². The largest absolute Gasteiger partial charge is 0.476 e. The molecule has 0 radical (unpaired) electrons. The van der Waals surface area contributed by atoms with Gasteiger partial charge in [0.25, 0.3) is 0 Å². The zero-order valence-corrected chi connectivity index (χ0v) is 13.5. The molecule has 0 amide bonds. The Bertz CT molecular complexity index is 506.